The van der Waals surface area contributed by atoms with Crippen molar-refractivity contribution in [1.29, 1.82) is 0 Å². The summed E-state index contributed by atoms with van der Waals surface area (Å²) in [6.45, 7) is 9.50. The first-order valence-corrected chi connectivity index (χ1v) is 8.95. The zero-order chi connectivity index (χ0) is 20.9. The number of allylic oxidation sites excluding steroid dienone is 1. The Hall–Kier alpha value is -2.66. The number of pyridine rings is 1. The Labute approximate surface area is 169 Å². The van der Waals surface area contributed by atoms with Gasteiger partial charge in [-0.05, 0) is 39.5 Å². The van der Waals surface area contributed by atoms with Crippen molar-refractivity contribution < 1.29 is 9.84 Å². The maximum Gasteiger partial charge on any atom is 0.219 e. The van der Waals surface area contributed by atoms with E-state index in [1.165, 1.54) is 0 Å². The number of aliphatic imine (C=N–C) groups is 2. The lowest BCUT2D eigenvalue weighted by Crippen LogP contribution is -2.14. The molecule has 2 aromatic heterocycles. The minimum atomic E-state index is -1.12. The molecule has 0 unspecified atom stereocenters. The van der Waals surface area contributed by atoms with Crippen molar-refractivity contribution >= 4 is 40.9 Å². The molecule has 0 atom stereocenters. The first kappa shape index (κ1) is 21.6. The molecular formula is C20H24ClN5O2. The van der Waals surface area contributed by atoms with Crippen LogP contribution in [-0.4, -0.2) is 46.7 Å². The summed E-state index contributed by atoms with van der Waals surface area (Å²) in [7, 11) is 1.64. The molecule has 0 amide bonds. The van der Waals surface area contributed by atoms with Gasteiger partial charge in [0.25, 0.3) is 0 Å². The lowest BCUT2D eigenvalue weighted by molar-refractivity contribution is 0.143. The van der Waals surface area contributed by atoms with Gasteiger partial charge in [-0.2, -0.15) is 0 Å². The van der Waals surface area contributed by atoms with Crippen molar-refractivity contribution in [3.05, 3.63) is 34.7 Å². The van der Waals surface area contributed by atoms with Crippen LogP contribution in [0.2, 0.25) is 0 Å². The van der Waals surface area contributed by atoms with Gasteiger partial charge >= 0.3 is 0 Å². The van der Waals surface area contributed by atoms with Crippen LogP contribution in [-0.2, 0) is 11.3 Å². The first-order valence-electron chi connectivity index (χ1n) is 8.57. The SMILES string of the molecule is C=N/C(N)=N\C(=C(/C)Cl)c1cn(CCOC)c2cnc(C#CC(C)(C)O)cc12. The average Bonchev–Trinajstić information content (AvgIpc) is 2.99. The molecular weight excluding hydrogens is 378 g/mol. The van der Waals surface area contributed by atoms with Crippen LogP contribution in [0.25, 0.3) is 16.6 Å². The molecule has 0 aromatic carbocycles. The van der Waals surface area contributed by atoms with E-state index >= 15 is 0 Å². The van der Waals surface area contributed by atoms with Crippen molar-refractivity contribution in [3.63, 3.8) is 0 Å². The zero-order valence-electron chi connectivity index (χ0n) is 16.5. The summed E-state index contributed by atoms with van der Waals surface area (Å²) in [5.41, 5.74) is 7.27. The number of halogens is 1. The highest BCUT2D eigenvalue weighted by molar-refractivity contribution is 6.32. The standard InChI is InChI=1S/C20H24ClN5O2/c1-13(21)18(25-19(22)23-4)16-12-26(8-9-28-5)17-11-24-14(10-15(16)17)6-7-20(2,3)27/h10-12,27H,4,8-9H2,1-3,5H3,(H2,22,25)/b18-13+. The second-order valence-electron chi connectivity index (χ2n) is 6.63. The lowest BCUT2D eigenvalue weighted by Gasteiger charge is -2.06. The highest BCUT2D eigenvalue weighted by atomic mass is 35.5. The van der Waals surface area contributed by atoms with Gasteiger partial charge in [0, 0.05) is 35.8 Å². The molecule has 8 heteroatoms. The highest BCUT2D eigenvalue weighted by Gasteiger charge is 2.16. The topological polar surface area (TPSA) is 98.0 Å². The summed E-state index contributed by atoms with van der Waals surface area (Å²) in [5, 5.41) is 11.1. The molecule has 0 aliphatic rings. The van der Waals surface area contributed by atoms with Gasteiger partial charge in [0.05, 0.1) is 24.0 Å². The van der Waals surface area contributed by atoms with Gasteiger partial charge in [-0.1, -0.05) is 17.5 Å². The summed E-state index contributed by atoms with van der Waals surface area (Å²) in [4.78, 5) is 12.3. The fourth-order valence-corrected chi connectivity index (χ4v) is 2.65. The molecule has 2 heterocycles. The van der Waals surface area contributed by atoms with E-state index < -0.39 is 5.60 Å². The van der Waals surface area contributed by atoms with Gasteiger partial charge in [0.15, 0.2) is 0 Å². The third-order valence-electron chi connectivity index (χ3n) is 3.77. The number of nitrogens with zero attached hydrogens (tertiary/aromatic N) is 4. The number of rotatable bonds is 5. The van der Waals surface area contributed by atoms with Crippen LogP contribution >= 0.6 is 11.6 Å². The first-order chi connectivity index (χ1) is 13.2. The van der Waals surface area contributed by atoms with E-state index in [9.17, 15) is 5.11 Å². The highest BCUT2D eigenvalue weighted by Crippen LogP contribution is 2.31. The maximum absolute atomic E-state index is 9.84. The number of hydrogen-bond acceptors (Lipinski definition) is 4. The van der Waals surface area contributed by atoms with Crippen LogP contribution in [0.3, 0.4) is 0 Å². The Bertz CT molecular complexity index is 999. The normalized spacial score (nSPS) is 13.1. The number of ether oxygens (including phenoxy) is 1. The number of fused-ring (bicyclic) bond motifs is 1. The molecule has 28 heavy (non-hydrogen) atoms. The smallest absolute Gasteiger partial charge is 0.219 e. The predicted octanol–water partition coefficient (Wildman–Crippen LogP) is 2.75. The fourth-order valence-electron chi connectivity index (χ4n) is 2.51. The number of nitrogens with two attached hydrogens (primary N) is 1. The second kappa shape index (κ2) is 9.02. The van der Waals surface area contributed by atoms with E-state index in [2.05, 4.69) is 33.5 Å². The Kier molecular flexibility index (Phi) is 6.97. The molecule has 2 rings (SSSR count). The molecule has 0 saturated heterocycles. The van der Waals surface area contributed by atoms with Crippen LogP contribution in [0.4, 0.5) is 0 Å². The van der Waals surface area contributed by atoms with Crippen LogP contribution in [0.15, 0.2) is 33.5 Å². The summed E-state index contributed by atoms with van der Waals surface area (Å²) >= 11 is 6.30. The summed E-state index contributed by atoms with van der Waals surface area (Å²) in [5.74, 6) is 5.67. The molecule has 0 aliphatic carbocycles. The molecule has 0 bridgehead atoms. The number of hydrogen-bond donors (Lipinski definition) is 2. The second-order valence-corrected chi connectivity index (χ2v) is 7.20. The third kappa shape index (κ3) is 5.42. The van der Waals surface area contributed by atoms with E-state index in [0.29, 0.717) is 29.6 Å². The molecule has 3 N–H and O–H groups in total. The van der Waals surface area contributed by atoms with Crippen molar-refractivity contribution in [2.45, 2.75) is 32.9 Å². The molecule has 148 valence electrons. The van der Waals surface area contributed by atoms with Gasteiger partial charge in [0.2, 0.25) is 5.96 Å². The predicted molar refractivity (Wildman–Crippen MR) is 114 cm³/mol. The van der Waals surface area contributed by atoms with Crippen molar-refractivity contribution in [2.24, 2.45) is 15.7 Å². The Morgan fingerprint density at radius 1 is 1.50 bits per heavy atom. The van der Waals surface area contributed by atoms with E-state index in [1.807, 2.05) is 16.8 Å². The quantitative estimate of drug-likeness (QED) is 0.457. The van der Waals surface area contributed by atoms with E-state index in [0.717, 1.165) is 16.5 Å². The van der Waals surface area contributed by atoms with E-state index in [4.69, 9.17) is 22.1 Å². The van der Waals surface area contributed by atoms with Crippen molar-refractivity contribution in [2.75, 3.05) is 13.7 Å². The van der Waals surface area contributed by atoms with Crippen LogP contribution in [0.1, 0.15) is 32.0 Å². The number of aliphatic hydroxyl groups is 1. The average molecular weight is 402 g/mol. The molecule has 0 spiro atoms. The van der Waals surface area contributed by atoms with Crippen LogP contribution in [0.5, 0.6) is 0 Å². The van der Waals surface area contributed by atoms with Gasteiger partial charge in [-0.15, -0.1) is 0 Å². The van der Waals surface area contributed by atoms with Crippen molar-refractivity contribution in [1.82, 2.24) is 9.55 Å². The minimum Gasteiger partial charge on any atom is -0.383 e. The van der Waals surface area contributed by atoms with E-state index in [-0.39, 0.29) is 5.96 Å². The Morgan fingerprint density at radius 3 is 2.79 bits per heavy atom. The fraction of sp³-hybridized carbons (Fsp3) is 0.350. The number of methoxy groups -OCH3 is 1. The number of aromatic nitrogens is 2. The molecule has 0 saturated carbocycles. The molecule has 0 aliphatic heterocycles. The summed E-state index contributed by atoms with van der Waals surface area (Å²) in [6, 6.07) is 1.83. The lowest BCUT2D eigenvalue weighted by atomic mass is 10.1. The summed E-state index contributed by atoms with van der Waals surface area (Å²) < 4.78 is 7.19. The monoisotopic (exact) mass is 401 g/mol. The number of guanidine groups is 1. The van der Waals surface area contributed by atoms with Crippen LogP contribution in [0, 0.1) is 11.8 Å². The molecule has 2 aromatic rings. The largest absolute Gasteiger partial charge is 0.383 e. The molecule has 7 nitrogen and oxygen atoms in total. The van der Waals surface area contributed by atoms with Crippen molar-refractivity contribution in [3.8, 4) is 11.8 Å². The molecule has 0 fully saturated rings. The maximum atomic E-state index is 9.84. The van der Waals surface area contributed by atoms with Gasteiger partial charge in [-0.25, -0.2) is 15.0 Å². The summed E-state index contributed by atoms with van der Waals surface area (Å²) in [6.07, 6.45) is 3.64. The van der Waals surface area contributed by atoms with Gasteiger partial charge in [-0.3, -0.25) is 0 Å². The minimum absolute atomic E-state index is 0.0175. The van der Waals surface area contributed by atoms with E-state index in [1.54, 1.807) is 34.1 Å². The third-order valence-corrected chi connectivity index (χ3v) is 3.95. The molecule has 0 radical (unpaired) electrons. The Balaban J connectivity index is 2.73. The zero-order valence-corrected chi connectivity index (χ0v) is 17.2. The Morgan fingerprint density at radius 2 is 2.21 bits per heavy atom. The van der Waals surface area contributed by atoms with Gasteiger partial charge < -0.3 is 20.1 Å². The van der Waals surface area contributed by atoms with Gasteiger partial charge in [0.1, 0.15) is 11.3 Å². The van der Waals surface area contributed by atoms with Crippen LogP contribution < -0.4 is 5.73 Å².